The molecule has 0 N–H and O–H groups in total. The van der Waals surface area contributed by atoms with Gasteiger partial charge in [-0.25, -0.2) is 4.79 Å². The lowest BCUT2D eigenvalue weighted by Crippen LogP contribution is -2.13. The molecule has 0 atom stereocenters. The lowest BCUT2D eigenvalue weighted by Gasteiger charge is -2.11. The van der Waals surface area contributed by atoms with Gasteiger partial charge in [-0.15, -0.1) is 0 Å². The van der Waals surface area contributed by atoms with Gasteiger partial charge in [0.1, 0.15) is 5.75 Å². The molecule has 3 aromatic rings. The average Bonchev–Trinajstić information content (AvgIpc) is 3.05. The van der Waals surface area contributed by atoms with Crippen LogP contribution < -0.4 is 4.74 Å². The van der Waals surface area contributed by atoms with Crippen molar-refractivity contribution >= 4 is 29.4 Å². The van der Waals surface area contributed by atoms with Gasteiger partial charge in [0.2, 0.25) is 5.78 Å². The Morgan fingerprint density at radius 1 is 1.09 bits per heavy atom. The second-order valence-electron chi connectivity index (χ2n) is 6.91. The van der Waals surface area contributed by atoms with Crippen LogP contribution in [-0.2, 0) is 9.53 Å². The van der Waals surface area contributed by atoms with Crippen LogP contribution in [0.15, 0.2) is 60.7 Å². The monoisotopic (exact) mass is 459 g/mol. The van der Waals surface area contributed by atoms with E-state index in [0.29, 0.717) is 22.0 Å². The van der Waals surface area contributed by atoms with Crippen molar-refractivity contribution in [3.05, 3.63) is 88.2 Å². The molecule has 166 valence electrons. The Kier molecular flexibility index (Phi) is 7.43. The van der Waals surface area contributed by atoms with Crippen LogP contribution in [0, 0.1) is 13.8 Å². The summed E-state index contributed by atoms with van der Waals surface area (Å²) in [6.07, 6.45) is 2.78. The molecule has 0 spiro atoms. The molecule has 3 rings (SSSR count). The Balaban J connectivity index is 1.67. The summed E-state index contributed by atoms with van der Waals surface area (Å²) in [5, 5.41) is 0.544. The minimum absolute atomic E-state index is 0.0419. The number of aryl methyl sites for hydroxylation is 1. The normalized spacial score (nSPS) is 11.2. The fraction of sp³-hybridized carbons (Fsp3) is 0.167. The number of alkyl halides is 2. The summed E-state index contributed by atoms with van der Waals surface area (Å²) >= 11 is 5.90. The van der Waals surface area contributed by atoms with E-state index in [9.17, 15) is 18.4 Å². The van der Waals surface area contributed by atoms with Gasteiger partial charge in [0.05, 0.1) is 0 Å². The van der Waals surface area contributed by atoms with Crippen molar-refractivity contribution in [3.63, 3.8) is 0 Å². The summed E-state index contributed by atoms with van der Waals surface area (Å²) in [5.74, 6) is -0.964. The molecule has 0 bridgehead atoms. The average molecular weight is 460 g/mol. The second-order valence-corrected chi connectivity index (χ2v) is 7.35. The number of esters is 1. The maximum absolute atomic E-state index is 12.6. The first-order valence-corrected chi connectivity index (χ1v) is 10.00. The third-order valence-electron chi connectivity index (χ3n) is 4.66. The van der Waals surface area contributed by atoms with Crippen molar-refractivity contribution in [1.29, 1.82) is 0 Å². The second kappa shape index (κ2) is 10.2. The highest BCUT2D eigenvalue weighted by molar-refractivity contribution is 6.30. The first-order valence-electron chi connectivity index (χ1n) is 9.62. The van der Waals surface area contributed by atoms with E-state index in [1.54, 1.807) is 60.0 Å². The van der Waals surface area contributed by atoms with Crippen molar-refractivity contribution in [2.75, 3.05) is 6.61 Å². The number of halogens is 3. The topological polar surface area (TPSA) is 57.5 Å². The number of aromatic nitrogens is 1. The van der Waals surface area contributed by atoms with Crippen LogP contribution >= 0.6 is 11.6 Å². The highest BCUT2D eigenvalue weighted by atomic mass is 35.5. The van der Waals surface area contributed by atoms with Crippen molar-refractivity contribution in [2.45, 2.75) is 20.5 Å². The summed E-state index contributed by atoms with van der Waals surface area (Å²) in [5.41, 5.74) is 3.22. The van der Waals surface area contributed by atoms with E-state index < -0.39 is 19.2 Å². The number of rotatable bonds is 8. The first-order chi connectivity index (χ1) is 15.2. The molecule has 1 aromatic heterocycles. The van der Waals surface area contributed by atoms with Gasteiger partial charge in [0.15, 0.2) is 6.61 Å². The number of benzene rings is 2. The quantitative estimate of drug-likeness (QED) is 0.243. The lowest BCUT2D eigenvalue weighted by atomic mass is 10.1. The zero-order valence-corrected chi connectivity index (χ0v) is 18.1. The van der Waals surface area contributed by atoms with Crippen LogP contribution in [0.5, 0.6) is 5.75 Å². The minimum atomic E-state index is -2.90. The molecule has 8 heteroatoms. The highest BCUT2D eigenvalue weighted by Gasteiger charge is 2.18. The fourth-order valence-corrected chi connectivity index (χ4v) is 3.45. The minimum Gasteiger partial charge on any atom is -0.454 e. The SMILES string of the molecule is Cc1cc(C(=O)COC(=O)C=Cc2cccc(Cl)c2)c(C)n1-c1ccc(OC(F)F)cc1. The predicted molar refractivity (Wildman–Crippen MR) is 118 cm³/mol. The zero-order valence-electron chi connectivity index (χ0n) is 17.3. The third-order valence-corrected chi connectivity index (χ3v) is 4.89. The van der Waals surface area contributed by atoms with E-state index >= 15 is 0 Å². The summed E-state index contributed by atoms with van der Waals surface area (Å²) in [6, 6.07) is 14.7. The van der Waals surface area contributed by atoms with Crippen LogP contribution in [0.1, 0.15) is 27.3 Å². The Morgan fingerprint density at radius 2 is 1.81 bits per heavy atom. The molecule has 32 heavy (non-hydrogen) atoms. The standard InChI is InChI=1S/C24H20ClF2NO4/c1-15-12-21(16(2)28(15)19-7-9-20(10-8-19)32-24(26)27)22(29)14-31-23(30)11-6-17-4-3-5-18(25)13-17/h3-13,24H,14H2,1-2H3. The largest absolute Gasteiger partial charge is 0.454 e. The van der Waals surface area contributed by atoms with Gasteiger partial charge in [-0.05, 0) is 68.0 Å². The van der Waals surface area contributed by atoms with Gasteiger partial charge < -0.3 is 14.0 Å². The van der Waals surface area contributed by atoms with E-state index in [1.807, 2.05) is 6.92 Å². The van der Waals surface area contributed by atoms with Gasteiger partial charge in [-0.1, -0.05) is 23.7 Å². The number of carbonyl (C=O) groups is 2. The van der Waals surface area contributed by atoms with Gasteiger partial charge in [0, 0.05) is 33.7 Å². The molecule has 0 fully saturated rings. The number of hydrogen-bond donors (Lipinski definition) is 0. The van der Waals surface area contributed by atoms with Crippen molar-refractivity contribution in [3.8, 4) is 11.4 Å². The maximum atomic E-state index is 12.6. The summed E-state index contributed by atoms with van der Waals surface area (Å²) in [6.45, 7) is 0.255. The van der Waals surface area contributed by atoms with Crippen molar-refractivity contribution in [1.82, 2.24) is 4.57 Å². The molecule has 0 aliphatic heterocycles. The summed E-state index contributed by atoms with van der Waals surface area (Å²) in [7, 11) is 0. The van der Waals surface area contributed by atoms with E-state index in [-0.39, 0.29) is 11.5 Å². The third kappa shape index (κ3) is 5.82. The van der Waals surface area contributed by atoms with Crippen LogP contribution in [0.25, 0.3) is 11.8 Å². The predicted octanol–water partition coefficient (Wildman–Crippen LogP) is 5.79. The van der Waals surface area contributed by atoms with Gasteiger partial charge in [-0.3, -0.25) is 4.79 Å². The number of nitrogens with zero attached hydrogens (tertiary/aromatic N) is 1. The fourth-order valence-electron chi connectivity index (χ4n) is 3.26. The number of carbonyl (C=O) groups excluding carboxylic acids is 2. The first kappa shape index (κ1) is 23.2. The molecular weight excluding hydrogens is 440 g/mol. The van der Waals surface area contributed by atoms with E-state index in [1.165, 1.54) is 18.2 Å². The van der Waals surface area contributed by atoms with Gasteiger partial charge in [0.25, 0.3) is 0 Å². The Labute approximate surface area is 188 Å². The summed E-state index contributed by atoms with van der Waals surface area (Å²) < 4.78 is 35.9. The van der Waals surface area contributed by atoms with Gasteiger partial charge in [-0.2, -0.15) is 8.78 Å². The Hall–Kier alpha value is -3.45. The van der Waals surface area contributed by atoms with Crippen molar-refractivity contribution < 1.29 is 27.8 Å². The zero-order chi connectivity index (χ0) is 23.3. The number of ether oxygens (including phenoxy) is 2. The van der Waals surface area contributed by atoms with Crippen LogP contribution in [0.2, 0.25) is 5.02 Å². The Bertz CT molecular complexity index is 1150. The molecule has 0 unspecified atom stereocenters. The molecule has 0 amide bonds. The van der Waals surface area contributed by atoms with E-state index in [4.69, 9.17) is 16.3 Å². The van der Waals surface area contributed by atoms with E-state index in [2.05, 4.69) is 4.74 Å². The molecule has 2 aromatic carbocycles. The summed E-state index contributed by atoms with van der Waals surface area (Å²) in [4.78, 5) is 24.6. The molecule has 0 radical (unpaired) electrons. The van der Waals surface area contributed by atoms with Crippen LogP contribution in [0.3, 0.4) is 0 Å². The molecule has 1 heterocycles. The smallest absolute Gasteiger partial charge is 0.387 e. The lowest BCUT2D eigenvalue weighted by molar-refractivity contribution is -0.136. The number of hydrogen-bond acceptors (Lipinski definition) is 4. The van der Waals surface area contributed by atoms with Gasteiger partial charge >= 0.3 is 12.6 Å². The number of Topliss-reactive ketones (excluding diaryl/α,β-unsaturated/α-hetero) is 1. The molecular formula is C24H20ClF2NO4. The van der Waals surface area contributed by atoms with Crippen LogP contribution in [0.4, 0.5) is 8.78 Å². The molecule has 0 aliphatic rings. The van der Waals surface area contributed by atoms with Crippen molar-refractivity contribution in [2.24, 2.45) is 0 Å². The molecule has 0 saturated heterocycles. The molecule has 5 nitrogen and oxygen atoms in total. The van der Waals surface area contributed by atoms with E-state index in [0.717, 1.165) is 11.3 Å². The number of ketones is 1. The molecule has 0 aliphatic carbocycles. The maximum Gasteiger partial charge on any atom is 0.387 e. The Morgan fingerprint density at radius 3 is 2.47 bits per heavy atom. The molecule has 0 saturated carbocycles. The van der Waals surface area contributed by atoms with Crippen LogP contribution in [-0.4, -0.2) is 29.5 Å². The highest BCUT2D eigenvalue weighted by Crippen LogP contribution is 2.24.